The van der Waals surface area contributed by atoms with Gasteiger partial charge in [-0.3, -0.25) is 4.79 Å². The number of benzene rings is 1. The minimum Gasteiger partial charge on any atom is -0.466 e. The summed E-state index contributed by atoms with van der Waals surface area (Å²) in [5, 5.41) is 1.10. The van der Waals surface area contributed by atoms with Crippen LogP contribution in [0.5, 0.6) is 0 Å². The fraction of sp³-hybridized carbons (Fsp3) is 0.462. The Balaban J connectivity index is 2.42. The number of carbonyl (C=O) groups is 1. The molecule has 0 fully saturated rings. The summed E-state index contributed by atoms with van der Waals surface area (Å²) in [5.74, 6) is -0.168. The fourth-order valence-corrected chi connectivity index (χ4v) is 1.86. The zero-order valence-corrected chi connectivity index (χ0v) is 12.1. The van der Waals surface area contributed by atoms with E-state index in [1.807, 2.05) is 24.1 Å². The maximum Gasteiger partial charge on any atom is 0.307 e. The van der Waals surface area contributed by atoms with Gasteiger partial charge in [0.1, 0.15) is 0 Å². The molecule has 3 nitrogen and oxygen atoms in total. The topological polar surface area (TPSA) is 29.5 Å². The Morgan fingerprint density at radius 3 is 2.67 bits per heavy atom. The Morgan fingerprint density at radius 2 is 2.06 bits per heavy atom. The Hall–Kier alpha value is -0.770. The van der Waals surface area contributed by atoms with Gasteiger partial charge in [-0.1, -0.05) is 29.3 Å². The highest BCUT2D eigenvalue weighted by atomic mass is 35.5. The summed E-state index contributed by atoms with van der Waals surface area (Å²) in [5.41, 5.74) is 1.07. The molecule has 5 heteroatoms. The molecule has 1 aromatic carbocycles. The van der Waals surface area contributed by atoms with Gasteiger partial charge in [0.15, 0.2) is 0 Å². The van der Waals surface area contributed by atoms with Crippen molar-refractivity contribution in [1.29, 1.82) is 0 Å². The number of nitrogens with zero attached hydrogens (tertiary/aromatic N) is 1. The molecule has 1 rings (SSSR count). The fourth-order valence-electron chi connectivity index (χ4n) is 1.54. The van der Waals surface area contributed by atoms with E-state index in [0.29, 0.717) is 29.6 Å². The highest BCUT2D eigenvalue weighted by Gasteiger charge is 2.06. The molecule has 0 amide bonds. The predicted octanol–water partition coefficient (Wildman–Crippen LogP) is 3.38. The van der Waals surface area contributed by atoms with Crippen LogP contribution >= 0.6 is 23.2 Å². The Bertz CT molecular complexity index is 410. The summed E-state index contributed by atoms with van der Waals surface area (Å²) < 4.78 is 4.87. The van der Waals surface area contributed by atoms with Gasteiger partial charge < -0.3 is 9.64 Å². The van der Waals surface area contributed by atoms with Crippen molar-refractivity contribution < 1.29 is 9.53 Å². The van der Waals surface area contributed by atoms with E-state index >= 15 is 0 Å². The molecular weight excluding hydrogens is 273 g/mol. The lowest BCUT2D eigenvalue weighted by molar-refractivity contribution is -0.143. The third-order valence-electron chi connectivity index (χ3n) is 2.44. The minimum absolute atomic E-state index is 0.168. The zero-order chi connectivity index (χ0) is 13.5. The number of esters is 1. The van der Waals surface area contributed by atoms with E-state index in [9.17, 15) is 4.79 Å². The number of rotatable bonds is 6. The average molecular weight is 290 g/mol. The molecule has 0 saturated heterocycles. The molecular formula is C13H17Cl2NO2. The summed E-state index contributed by atoms with van der Waals surface area (Å²) in [6.45, 7) is 3.60. The summed E-state index contributed by atoms with van der Waals surface area (Å²) in [6.07, 6.45) is 0.395. The quantitative estimate of drug-likeness (QED) is 0.752. The average Bonchev–Trinajstić information content (AvgIpc) is 2.32. The first-order valence-electron chi connectivity index (χ1n) is 5.81. The first kappa shape index (κ1) is 15.3. The normalized spacial score (nSPS) is 10.7. The molecule has 0 aliphatic carbocycles. The van der Waals surface area contributed by atoms with Crippen molar-refractivity contribution in [1.82, 2.24) is 4.90 Å². The summed E-state index contributed by atoms with van der Waals surface area (Å²) in [6, 6.07) is 5.54. The van der Waals surface area contributed by atoms with Gasteiger partial charge in [-0.15, -0.1) is 0 Å². The Labute approximate surface area is 118 Å². The van der Waals surface area contributed by atoms with E-state index in [-0.39, 0.29) is 5.97 Å². The third kappa shape index (κ3) is 5.25. The van der Waals surface area contributed by atoms with Crippen molar-refractivity contribution in [3.63, 3.8) is 0 Å². The molecule has 0 spiro atoms. The minimum atomic E-state index is -0.168. The summed E-state index contributed by atoms with van der Waals surface area (Å²) >= 11 is 11.8. The van der Waals surface area contributed by atoms with Crippen molar-refractivity contribution in [2.24, 2.45) is 0 Å². The second-order valence-corrected chi connectivity index (χ2v) is 4.86. The van der Waals surface area contributed by atoms with Gasteiger partial charge in [0.05, 0.1) is 23.1 Å². The molecule has 0 aromatic heterocycles. The summed E-state index contributed by atoms with van der Waals surface area (Å²) in [4.78, 5) is 13.2. The molecule has 0 heterocycles. The van der Waals surface area contributed by atoms with Crippen LogP contribution in [-0.2, 0) is 16.1 Å². The first-order chi connectivity index (χ1) is 8.52. The van der Waals surface area contributed by atoms with Crippen LogP contribution in [0.1, 0.15) is 18.9 Å². The second kappa shape index (κ2) is 7.62. The highest BCUT2D eigenvalue weighted by molar-refractivity contribution is 6.42. The van der Waals surface area contributed by atoms with Crippen LogP contribution in [0.3, 0.4) is 0 Å². The van der Waals surface area contributed by atoms with E-state index in [4.69, 9.17) is 27.9 Å². The number of halogens is 2. The molecule has 0 bridgehead atoms. The van der Waals surface area contributed by atoms with Crippen molar-refractivity contribution in [3.05, 3.63) is 33.8 Å². The SMILES string of the molecule is CCOC(=O)CCN(C)Cc1ccc(Cl)c(Cl)c1. The molecule has 18 heavy (non-hydrogen) atoms. The Morgan fingerprint density at radius 1 is 1.33 bits per heavy atom. The standard InChI is InChI=1S/C13H17Cl2NO2/c1-3-18-13(17)6-7-16(2)9-10-4-5-11(14)12(15)8-10/h4-5,8H,3,6-7,9H2,1-2H3. The predicted molar refractivity (Wildman–Crippen MR) is 74.0 cm³/mol. The molecule has 0 unspecified atom stereocenters. The number of ether oxygens (including phenoxy) is 1. The van der Waals surface area contributed by atoms with Crippen LogP contribution < -0.4 is 0 Å². The largest absolute Gasteiger partial charge is 0.466 e. The number of hydrogen-bond donors (Lipinski definition) is 0. The zero-order valence-electron chi connectivity index (χ0n) is 10.6. The van der Waals surface area contributed by atoms with Crippen LogP contribution in [-0.4, -0.2) is 31.1 Å². The molecule has 0 aliphatic rings. The first-order valence-corrected chi connectivity index (χ1v) is 6.56. The molecule has 0 saturated carbocycles. The number of carbonyl (C=O) groups excluding carboxylic acids is 1. The van der Waals surface area contributed by atoms with Gasteiger partial charge in [-0.2, -0.15) is 0 Å². The second-order valence-electron chi connectivity index (χ2n) is 4.04. The van der Waals surface area contributed by atoms with E-state index in [0.717, 1.165) is 12.1 Å². The van der Waals surface area contributed by atoms with Crippen molar-refractivity contribution in [3.8, 4) is 0 Å². The lowest BCUT2D eigenvalue weighted by Crippen LogP contribution is -2.22. The van der Waals surface area contributed by atoms with Crippen LogP contribution in [0.2, 0.25) is 10.0 Å². The van der Waals surface area contributed by atoms with E-state index in [2.05, 4.69) is 0 Å². The molecule has 0 aliphatic heterocycles. The maximum atomic E-state index is 11.2. The summed E-state index contributed by atoms with van der Waals surface area (Å²) in [7, 11) is 1.95. The maximum absolute atomic E-state index is 11.2. The van der Waals surface area contributed by atoms with Crippen molar-refractivity contribution in [2.75, 3.05) is 20.2 Å². The van der Waals surface area contributed by atoms with Crippen LogP contribution in [0, 0.1) is 0 Å². The lowest BCUT2D eigenvalue weighted by atomic mass is 10.2. The van der Waals surface area contributed by atoms with Crippen LogP contribution in [0.15, 0.2) is 18.2 Å². The highest BCUT2D eigenvalue weighted by Crippen LogP contribution is 2.23. The van der Waals surface area contributed by atoms with E-state index in [1.165, 1.54) is 0 Å². The lowest BCUT2D eigenvalue weighted by Gasteiger charge is -2.16. The van der Waals surface area contributed by atoms with Gasteiger partial charge in [0, 0.05) is 13.1 Å². The molecule has 0 atom stereocenters. The van der Waals surface area contributed by atoms with E-state index in [1.54, 1.807) is 13.0 Å². The van der Waals surface area contributed by atoms with Gasteiger partial charge in [0.25, 0.3) is 0 Å². The molecule has 0 radical (unpaired) electrons. The van der Waals surface area contributed by atoms with Crippen LogP contribution in [0.25, 0.3) is 0 Å². The molecule has 1 aromatic rings. The van der Waals surface area contributed by atoms with Gasteiger partial charge >= 0.3 is 5.97 Å². The van der Waals surface area contributed by atoms with Gasteiger partial charge in [-0.25, -0.2) is 0 Å². The van der Waals surface area contributed by atoms with Gasteiger partial charge in [-0.05, 0) is 31.7 Å². The van der Waals surface area contributed by atoms with Gasteiger partial charge in [0.2, 0.25) is 0 Å². The Kier molecular flexibility index (Phi) is 6.47. The van der Waals surface area contributed by atoms with E-state index < -0.39 is 0 Å². The van der Waals surface area contributed by atoms with Crippen LogP contribution in [0.4, 0.5) is 0 Å². The smallest absolute Gasteiger partial charge is 0.307 e. The molecule has 0 N–H and O–H groups in total. The molecule has 100 valence electrons. The third-order valence-corrected chi connectivity index (χ3v) is 3.18. The van der Waals surface area contributed by atoms with Crippen molar-refractivity contribution in [2.45, 2.75) is 19.9 Å². The number of hydrogen-bond acceptors (Lipinski definition) is 3. The monoisotopic (exact) mass is 289 g/mol. The van der Waals surface area contributed by atoms with Crippen molar-refractivity contribution >= 4 is 29.2 Å².